The Labute approximate surface area is 128 Å². The zero-order valence-electron chi connectivity index (χ0n) is 13.1. The Morgan fingerprint density at radius 1 is 1.19 bits per heavy atom. The number of nitrogens with zero attached hydrogens (tertiary/aromatic N) is 3. The molecule has 116 valence electrons. The predicted molar refractivity (Wildman–Crippen MR) is 85.8 cm³/mol. The zero-order valence-corrected chi connectivity index (χ0v) is 13.1. The van der Waals surface area contributed by atoms with Crippen molar-refractivity contribution >= 4 is 5.69 Å². The van der Waals surface area contributed by atoms with Crippen molar-refractivity contribution < 1.29 is 4.74 Å². The monoisotopic (exact) mass is 289 g/mol. The molecule has 4 heteroatoms. The first kappa shape index (κ1) is 14.8. The van der Waals surface area contributed by atoms with E-state index in [1.165, 1.54) is 31.6 Å². The number of ether oxygens (including phenoxy) is 1. The molecule has 3 rings (SSSR count). The highest BCUT2D eigenvalue weighted by atomic mass is 16.5. The van der Waals surface area contributed by atoms with Crippen LogP contribution in [0.4, 0.5) is 5.69 Å². The summed E-state index contributed by atoms with van der Waals surface area (Å²) in [6.45, 7) is 8.79. The Hall–Kier alpha value is -1.13. The van der Waals surface area contributed by atoms with Gasteiger partial charge in [-0.25, -0.2) is 0 Å². The third kappa shape index (κ3) is 4.17. The number of likely N-dealkylation sites (tertiary alicyclic amines) is 1. The average molecular weight is 289 g/mol. The van der Waals surface area contributed by atoms with E-state index in [1.807, 2.05) is 6.20 Å². The summed E-state index contributed by atoms with van der Waals surface area (Å²) < 4.78 is 6.07. The normalized spacial score (nSPS) is 21.1. The highest BCUT2D eigenvalue weighted by molar-refractivity contribution is 5.46. The summed E-state index contributed by atoms with van der Waals surface area (Å²) in [5.41, 5.74) is 2.40. The number of hydrogen-bond donors (Lipinski definition) is 0. The van der Waals surface area contributed by atoms with E-state index in [-0.39, 0.29) is 0 Å². The van der Waals surface area contributed by atoms with E-state index in [0.717, 1.165) is 44.8 Å². The number of anilines is 1. The van der Waals surface area contributed by atoms with Gasteiger partial charge in [0.05, 0.1) is 12.7 Å². The maximum atomic E-state index is 6.07. The topological polar surface area (TPSA) is 28.6 Å². The van der Waals surface area contributed by atoms with Crippen molar-refractivity contribution in [2.24, 2.45) is 0 Å². The number of aromatic nitrogens is 1. The Kier molecular flexibility index (Phi) is 5.09. The molecule has 2 aliphatic rings. The van der Waals surface area contributed by atoms with Gasteiger partial charge in [-0.05, 0) is 57.8 Å². The Bertz CT molecular complexity index is 437. The third-order valence-electron chi connectivity index (χ3n) is 4.65. The molecule has 0 bridgehead atoms. The summed E-state index contributed by atoms with van der Waals surface area (Å²) >= 11 is 0. The fourth-order valence-corrected chi connectivity index (χ4v) is 3.36. The highest BCUT2D eigenvalue weighted by Gasteiger charge is 2.20. The molecule has 1 aromatic rings. The summed E-state index contributed by atoms with van der Waals surface area (Å²) in [6.07, 6.45) is 7.37. The predicted octanol–water partition coefficient (Wildman–Crippen LogP) is 2.47. The van der Waals surface area contributed by atoms with E-state index >= 15 is 0 Å². The third-order valence-corrected chi connectivity index (χ3v) is 4.65. The molecule has 2 fully saturated rings. The number of piperidine rings is 1. The smallest absolute Gasteiger partial charge is 0.0609 e. The van der Waals surface area contributed by atoms with E-state index in [4.69, 9.17) is 4.74 Å². The molecule has 0 saturated carbocycles. The van der Waals surface area contributed by atoms with Gasteiger partial charge in [0.25, 0.3) is 0 Å². The van der Waals surface area contributed by atoms with Gasteiger partial charge < -0.3 is 14.5 Å². The lowest BCUT2D eigenvalue weighted by Gasteiger charge is -2.33. The second-order valence-electron chi connectivity index (χ2n) is 6.26. The SMILES string of the molecule is Cc1cc(N2CCC(OCCN3CCCC3)CC2)ccn1. The standard InChI is InChI=1S/C17H27N3O/c1-15-14-16(4-7-18-15)20-10-5-17(6-11-20)21-13-12-19-8-2-3-9-19/h4,7,14,17H,2-3,5-6,8-13H2,1H3. The summed E-state index contributed by atoms with van der Waals surface area (Å²) in [7, 11) is 0. The van der Waals surface area contributed by atoms with Crippen LogP contribution in [0.15, 0.2) is 18.3 Å². The van der Waals surface area contributed by atoms with Crippen molar-refractivity contribution in [1.29, 1.82) is 0 Å². The van der Waals surface area contributed by atoms with E-state index in [1.54, 1.807) is 0 Å². The van der Waals surface area contributed by atoms with Crippen LogP contribution in [0.5, 0.6) is 0 Å². The lowest BCUT2D eigenvalue weighted by molar-refractivity contribution is 0.0266. The molecule has 1 aromatic heterocycles. The minimum atomic E-state index is 0.451. The van der Waals surface area contributed by atoms with Crippen molar-refractivity contribution in [3.63, 3.8) is 0 Å². The van der Waals surface area contributed by atoms with Crippen molar-refractivity contribution in [3.8, 4) is 0 Å². The summed E-state index contributed by atoms with van der Waals surface area (Å²) in [5.74, 6) is 0. The Morgan fingerprint density at radius 3 is 2.67 bits per heavy atom. The molecule has 0 amide bonds. The van der Waals surface area contributed by atoms with Crippen LogP contribution in [0.25, 0.3) is 0 Å². The molecule has 0 aliphatic carbocycles. The average Bonchev–Trinajstić information content (AvgIpc) is 3.01. The van der Waals surface area contributed by atoms with Crippen LogP contribution in [-0.2, 0) is 4.74 Å². The maximum Gasteiger partial charge on any atom is 0.0609 e. The van der Waals surface area contributed by atoms with Gasteiger partial charge in [0.1, 0.15) is 0 Å². The van der Waals surface area contributed by atoms with E-state index in [2.05, 4.69) is 33.8 Å². The summed E-state index contributed by atoms with van der Waals surface area (Å²) in [4.78, 5) is 9.25. The molecule has 0 N–H and O–H groups in total. The molecule has 2 saturated heterocycles. The van der Waals surface area contributed by atoms with E-state index in [9.17, 15) is 0 Å². The van der Waals surface area contributed by atoms with Crippen LogP contribution < -0.4 is 4.90 Å². The zero-order chi connectivity index (χ0) is 14.5. The maximum absolute atomic E-state index is 6.07. The van der Waals surface area contributed by atoms with Gasteiger partial charge in [-0.2, -0.15) is 0 Å². The molecule has 3 heterocycles. The molecule has 0 atom stereocenters. The molecule has 0 radical (unpaired) electrons. The van der Waals surface area contributed by atoms with Crippen molar-refractivity contribution in [2.45, 2.75) is 38.7 Å². The van der Waals surface area contributed by atoms with Crippen molar-refractivity contribution in [1.82, 2.24) is 9.88 Å². The quantitative estimate of drug-likeness (QED) is 0.832. The van der Waals surface area contributed by atoms with Gasteiger partial charge >= 0.3 is 0 Å². The molecule has 4 nitrogen and oxygen atoms in total. The second-order valence-corrected chi connectivity index (χ2v) is 6.26. The van der Waals surface area contributed by atoms with Crippen molar-refractivity contribution in [2.75, 3.05) is 44.2 Å². The first-order valence-electron chi connectivity index (χ1n) is 8.33. The van der Waals surface area contributed by atoms with Gasteiger partial charge in [-0.15, -0.1) is 0 Å². The van der Waals surface area contributed by atoms with E-state index in [0.29, 0.717) is 6.10 Å². The largest absolute Gasteiger partial charge is 0.377 e. The molecular weight excluding hydrogens is 262 g/mol. The van der Waals surface area contributed by atoms with Crippen LogP contribution >= 0.6 is 0 Å². The van der Waals surface area contributed by atoms with Crippen LogP contribution in [0.3, 0.4) is 0 Å². The van der Waals surface area contributed by atoms with Gasteiger partial charge in [-0.3, -0.25) is 4.98 Å². The number of pyridine rings is 1. The molecule has 21 heavy (non-hydrogen) atoms. The first-order valence-corrected chi connectivity index (χ1v) is 8.33. The fraction of sp³-hybridized carbons (Fsp3) is 0.706. The van der Waals surface area contributed by atoms with Crippen LogP contribution in [0.1, 0.15) is 31.4 Å². The minimum absolute atomic E-state index is 0.451. The van der Waals surface area contributed by atoms with Crippen LogP contribution in [-0.4, -0.2) is 55.3 Å². The van der Waals surface area contributed by atoms with Gasteiger partial charge in [0.2, 0.25) is 0 Å². The Balaban J connectivity index is 1.38. The van der Waals surface area contributed by atoms with Crippen LogP contribution in [0.2, 0.25) is 0 Å². The molecule has 0 unspecified atom stereocenters. The van der Waals surface area contributed by atoms with Crippen LogP contribution in [0, 0.1) is 6.92 Å². The minimum Gasteiger partial charge on any atom is -0.377 e. The second kappa shape index (κ2) is 7.23. The summed E-state index contributed by atoms with van der Waals surface area (Å²) in [5, 5.41) is 0. The molecule has 0 aromatic carbocycles. The molecule has 0 spiro atoms. The van der Waals surface area contributed by atoms with Gasteiger partial charge in [0.15, 0.2) is 0 Å². The number of aryl methyl sites for hydroxylation is 1. The molecule has 2 aliphatic heterocycles. The fourth-order valence-electron chi connectivity index (χ4n) is 3.36. The van der Waals surface area contributed by atoms with Gasteiger partial charge in [-0.1, -0.05) is 0 Å². The summed E-state index contributed by atoms with van der Waals surface area (Å²) in [6, 6.07) is 4.29. The van der Waals surface area contributed by atoms with Crippen molar-refractivity contribution in [3.05, 3.63) is 24.0 Å². The Morgan fingerprint density at radius 2 is 1.95 bits per heavy atom. The first-order chi connectivity index (χ1) is 10.3. The lowest BCUT2D eigenvalue weighted by Crippen LogP contribution is -2.38. The van der Waals surface area contributed by atoms with Gasteiger partial charge in [0, 0.05) is 37.2 Å². The van der Waals surface area contributed by atoms with E-state index < -0.39 is 0 Å². The highest BCUT2D eigenvalue weighted by Crippen LogP contribution is 2.21. The number of hydrogen-bond acceptors (Lipinski definition) is 4. The molecular formula is C17H27N3O. The number of rotatable bonds is 5. The lowest BCUT2D eigenvalue weighted by atomic mass is 10.1.